The molecule has 1 aromatic carbocycles. The molecule has 3 heterocycles. The molecular weight excluding hydrogens is 332 g/mol. The second-order valence-electron chi connectivity index (χ2n) is 9.06. The van der Waals surface area contributed by atoms with Crippen LogP contribution in [0.4, 0.5) is 0 Å². The van der Waals surface area contributed by atoms with Crippen LogP contribution in [0.5, 0.6) is 0 Å². The van der Waals surface area contributed by atoms with Crippen molar-refractivity contribution in [2.45, 2.75) is 50.6 Å². The Bertz CT molecular complexity index is 749. The van der Waals surface area contributed by atoms with Gasteiger partial charge in [0.05, 0.1) is 6.20 Å². The molecule has 27 heavy (non-hydrogen) atoms. The molecule has 2 aromatic rings. The molecule has 2 aliphatic heterocycles. The Kier molecular flexibility index (Phi) is 4.78. The van der Waals surface area contributed by atoms with E-state index in [1.54, 1.807) is 0 Å². The van der Waals surface area contributed by atoms with Gasteiger partial charge in [0.25, 0.3) is 0 Å². The maximum absolute atomic E-state index is 4.43. The minimum Gasteiger partial charge on any atom is -0.299 e. The van der Waals surface area contributed by atoms with Crippen molar-refractivity contribution in [3.8, 4) is 0 Å². The smallest absolute Gasteiger partial charge is 0.0535 e. The monoisotopic (exact) mass is 364 g/mol. The maximum Gasteiger partial charge on any atom is 0.0535 e. The highest BCUT2D eigenvalue weighted by atomic mass is 15.2. The fourth-order valence-corrected chi connectivity index (χ4v) is 6.06. The van der Waals surface area contributed by atoms with E-state index >= 15 is 0 Å². The summed E-state index contributed by atoms with van der Waals surface area (Å²) in [7, 11) is 2.30. The molecule has 3 aliphatic rings. The molecule has 1 saturated carbocycles. The molecule has 0 radical (unpaired) electrons. The third kappa shape index (κ3) is 3.34. The van der Waals surface area contributed by atoms with Gasteiger partial charge in [-0.1, -0.05) is 49.6 Å². The van der Waals surface area contributed by atoms with Crippen LogP contribution in [0.25, 0.3) is 0 Å². The highest BCUT2D eigenvalue weighted by molar-refractivity contribution is 5.24. The number of aromatic amines is 1. The van der Waals surface area contributed by atoms with Crippen LogP contribution in [-0.2, 0) is 6.54 Å². The molecule has 0 spiro atoms. The van der Waals surface area contributed by atoms with E-state index in [4.69, 9.17) is 0 Å². The lowest BCUT2D eigenvalue weighted by molar-refractivity contribution is 0.224. The van der Waals surface area contributed by atoms with Crippen molar-refractivity contribution >= 4 is 0 Å². The van der Waals surface area contributed by atoms with Crippen molar-refractivity contribution < 1.29 is 0 Å². The molecule has 1 aromatic heterocycles. The average molecular weight is 365 g/mol. The molecule has 3 atom stereocenters. The minimum absolute atomic E-state index is 0.573. The number of H-pyrrole nitrogens is 1. The van der Waals surface area contributed by atoms with Gasteiger partial charge in [-0.25, -0.2) is 0 Å². The van der Waals surface area contributed by atoms with Crippen LogP contribution in [-0.4, -0.2) is 46.7 Å². The van der Waals surface area contributed by atoms with E-state index in [0.29, 0.717) is 12.0 Å². The van der Waals surface area contributed by atoms with Crippen molar-refractivity contribution in [2.24, 2.45) is 11.8 Å². The van der Waals surface area contributed by atoms with E-state index in [-0.39, 0.29) is 0 Å². The van der Waals surface area contributed by atoms with E-state index in [0.717, 1.165) is 18.4 Å². The summed E-state index contributed by atoms with van der Waals surface area (Å²) in [5.41, 5.74) is 4.37. The fraction of sp³-hybridized carbons (Fsp3) is 0.609. The molecule has 0 unspecified atom stereocenters. The van der Waals surface area contributed by atoms with Crippen molar-refractivity contribution in [1.82, 2.24) is 20.0 Å². The van der Waals surface area contributed by atoms with Crippen LogP contribution in [0.3, 0.4) is 0 Å². The molecule has 144 valence electrons. The lowest BCUT2D eigenvalue weighted by Gasteiger charge is -2.27. The average Bonchev–Trinajstić information content (AvgIpc) is 3.38. The lowest BCUT2D eigenvalue weighted by Crippen LogP contribution is -2.29. The predicted molar refractivity (Wildman–Crippen MR) is 108 cm³/mol. The van der Waals surface area contributed by atoms with Gasteiger partial charge in [0.2, 0.25) is 0 Å². The van der Waals surface area contributed by atoms with Crippen LogP contribution >= 0.6 is 0 Å². The summed E-state index contributed by atoms with van der Waals surface area (Å²) in [6.45, 7) is 4.74. The zero-order chi connectivity index (χ0) is 18.2. The molecule has 4 nitrogen and oxygen atoms in total. The quantitative estimate of drug-likeness (QED) is 0.883. The summed E-state index contributed by atoms with van der Waals surface area (Å²) in [6, 6.07) is 11.7. The number of likely N-dealkylation sites (tertiary alicyclic amines) is 2. The van der Waals surface area contributed by atoms with Crippen LogP contribution in [0, 0.1) is 11.8 Å². The summed E-state index contributed by atoms with van der Waals surface area (Å²) in [6.07, 6.45) is 8.93. The van der Waals surface area contributed by atoms with E-state index < -0.39 is 0 Å². The van der Waals surface area contributed by atoms with E-state index in [1.807, 2.05) is 0 Å². The topological polar surface area (TPSA) is 35.2 Å². The van der Waals surface area contributed by atoms with E-state index in [2.05, 4.69) is 63.6 Å². The first-order chi connectivity index (χ1) is 13.3. The summed E-state index contributed by atoms with van der Waals surface area (Å²) < 4.78 is 0. The van der Waals surface area contributed by atoms with Gasteiger partial charge in [0.15, 0.2) is 0 Å². The number of benzene rings is 1. The first-order valence-electron chi connectivity index (χ1n) is 10.8. The standard InChI is InChI=1S/C23H32N4/c1-26-13-20-15-27(16-21(20)23(26)18-10-6-3-7-11-18)14-19-12-24-25-22(19)17-8-4-2-5-9-17/h3,6-7,10-12,17,20-21,23H,2,4-5,8-9,13-16H2,1H3,(H,24,25)/t20-,21+,23-/m0/s1. The lowest BCUT2D eigenvalue weighted by atomic mass is 9.85. The molecule has 1 N–H and O–H groups in total. The number of rotatable bonds is 4. The first-order valence-corrected chi connectivity index (χ1v) is 10.8. The Hall–Kier alpha value is -1.65. The van der Waals surface area contributed by atoms with Crippen LogP contribution < -0.4 is 0 Å². The van der Waals surface area contributed by atoms with Gasteiger partial charge < -0.3 is 0 Å². The van der Waals surface area contributed by atoms with Crippen LogP contribution in [0.1, 0.15) is 60.9 Å². The molecule has 0 bridgehead atoms. The summed E-state index contributed by atoms with van der Waals surface area (Å²) >= 11 is 0. The molecule has 3 fully saturated rings. The SMILES string of the molecule is CN1C[C@H]2CN(Cc3cn[nH]c3C3CCCCC3)C[C@H]2[C@@H]1c1ccccc1. The van der Waals surface area contributed by atoms with Gasteiger partial charge in [-0.3, -0.25) is 14.9 Å². The summed E-state index contributed by atoms with van der Waals surface area (Å²) in [4.78, 5) is 5.27. The van der Waals surface area contributed by atoms with E-state index in [1.165, 1.54) is 68.6 Å². The number of hydrogen-bond acceptors (Lipinski definition) is 3. The largest absolute Gasteiger partial charge is 0.299 e. The number of hydrogen-bond donors (Lipinski definition) is 1. The minimum atomic E-state index is 0.573. The van der Waals surface area contributed by atoms with Crippen LogP contribution in [0.15, 0.2) is 36.5 Å². The van der Waals surface area contributed by atoms with Crippen molar-refractivity contribution in [3.05, 3.63) is 53.3 Å². The molecular formula is C23H32N4. The zero-order valence-electron chi connectivity index (χ0n) is 16.5. The Morgan fingerprint density at radius 1 is 1.04 bits per heavy atom. The summed E-state index contributed by atoms with van der Waals surface area (Å²) in [5, 5.41) is 7.78. The van der Waals surface area contributed by atoms with Crippen LogP contribution in [0.2, 0.25) is 0 Å². The second-order valence-corrected chi connectivity index (χ2v) is 9.06. The van der Waals surface area contributed by atoms with Gasteiger partial charge in [-0.15, -0.1) is 0 Å². The van der Waals surface area contributed by atoms with Gasteiger partial charge in [0.1, 0.15) is 0 Å². The predicted octanol–water partition coefficient (Wildman–Crippen LogP) is 4.19. The molecule has 5 rings (SSSR count). The molecule has 0 amide bonds. The number of nitrogens with one attached hydrogen (secondary N) is 1. The van der Waals surface area contributed by atoms with Gasteiger partial charge in [-0.2, -0.15) is 5.10 Å². The Morgan fingerprint density at radius 3 is 2.67 bits per heavy atom. The van der Waals surface area contributed by atoms with Gasteiger partial charge in [0, 0.05) is 49.4 Å². The normalized spacial score (nSPS) is 30.0. The maximum atomic E-state index is 4.43. The Morgan fingerprint density at radius 2 is 1.85 bits per heavy atom. The highest BCUT2D eigenvalue weighted by Crippen LogP contribution is 2.44. The van der Waals surface area contributed by atoms with Gasteiger partial charge >= 0.3 is 0 Å². The Labute approximate surface area is 162 Å². The van der Waals surface area contributed by atoms with Crippen molar-refractivity contribution in [2.75, 3.05) is 26.7 Å². The first kappa shape index (κ1) is 17.4. The fourth-order valence-electron chi connectivity index (χ4n) is 6.06. The third-order valence-electron chi connectivity index (χ3n) is 7.27. The number of aromatic nitrogens is 2. The highest BCUT2D eigenvalue weighted by Gasteiger charge is 2.46. The van der Waals surface area contributed by atoms with Crippen molar-refractivity contribution in [1.29, 1.82) is 0 Å². The summed E-state index contributed by atoms with van der Waals surface area (Å²) in [5.74, 6) is 2.26. The van der Waals surface area contributed by atoms with Gasteiger partial charge in [-0.05, 0) is 37.3 Å². The Balaban J connectivity index is 1.29. The molecule has 1 aliphatic carbocycles. The molecule has 2 saturated heterocycles. The van der Waals surface area contributed by atoms with Crippen molar-refractivity contribution in [3.63, 3.8) is 0 Å². The van der Waals surface area contributed by atoms with E-state index in [9.17, 15) is 0 Å². The number of fused-ring (bicyclic) bond motifs is 1. The number of nitrogens with zero attached hydrogens (tertiary/aromatic N) is 3. The zero-order valence-corrected chi connectivity index (χ0v) is 16.5. The second kappa shape index (κ2) is 7.40. The molecule has 4 heteroatoms. The third-order valence-corrected chi connectivity index (χ3v) is 7.27.